The second-order valence-electron chi connectivity index (χ2n) is 4.18. The average molecular weight is 359 g/mol. The van der Waals surface area contributed by atoms with Crippen molar-refractivity contribution in [3.8, 4) is 5.75 Å². The van der Waals surface area contributed by atoms with Gasteiger partial charge in [0.25, 0.3) is 5.91 Å². The molecule has 1 amide bonds. The molecule has 0 fully saturated rings. The molecule has 20 heavy (non-hydrogen) atoms. The minimum atomic E-state index is -0.612. The zero-order valence-electron chi connectivity index (χ0n) is 10.7. The van der Waals surface area contributed by atoms with Crippen LogP contribution in [-0.4, -0.2) is 12.0 Å². The van der Waals surface area contributed by atoms with Crippen molar-refractivity contribution in [3.05, 3.63) is 51.9 Å². The molecule has 0 spiro atoms. The van der Waals surface area contributed by atoms with Gasteiger partial charge in [-0.25, -0.2) is 0 Å². The molecule has 4 nitrogen and oxygen atoms in total. The monoisotopic (exact) mass is 357 g/mol. The van der Waals surface area contributed by atoms with Crippen molar-refractivity contribution < 1.29 is 13.9 Å². The molecule has 2 aromatic rings. The van der Waals surface area contributed by atoms with Crippen LogP contribution in [-0.2, 0) is 11.3 Å². The minimum absolute atomic E-state index is 0.201. The summed E-state index contributed by atoms with van der Waals surface area (Å²) < 4.78 is 11.2. The quantitative estimate of drug-likeness (QED) is 0.885. The van der Waals surface area contributed by atoms with Crippen LogP contribution in [0.4, 0.5) is 0 Å². The predicted octanol–water partition coefficient (Wildman–Crippen LogP) is 3.78. The van der Waals surface area contributed by atoms with Gasteiger partial charge in [0, 0.05) is 17.1 Å². The van der Waals surface area contributed by atoms with Gasteiger partial charge in [0.2, 0.25) is 0 Å². The fraction of sp³-hybridized carbons (Fsp3) is 0.214. The fourth-order valence-corrected chi connectivity index (χ4v) is 2.32. The Balaban J connectivity index is 1.90. The summed E-state index contributed by atoms with van der Waals surface area (Å²) in [5.41, 5.74) is 0.901. The van der Waals surface area contributed by atoms with Crippen LogP contribution in [0.5, 0.6) is 5.75 Å². The molecule has 1 aromatic carbocycles. The van der Waals surface area contributed by atoms with E-state index in [4.69, 9.17) is 20.8 Å². The molecule has 0 bridgehead atoms. The molecule has 0 saturated carbocycles. The van der Waals surface area contributed by atoms with Gasteiger partial charge in [0.05, 0.1) is 17.0 Å². The Labute approximate surface area is 130 Å². The highest BCUT2D eigenvalue weighted by atomic mass is 79.9. The first-order chi connectivity index (χ1) is 9.56. The van der Waals surface area contributed by atoms with Crippen molar-refractivity contribution in [2.24, 2.45) is 0 Å². The zero-order valence-corrected chi connectivity index (χ0v) is 13.1. The maximum Gasteiger partial charge on any atom is 0.261 e. The molecule has 0 saturated heterocycles. The average Bonchev–Trinajstić information content (AvgIpc) is 2.92. The molecule has 0 aliphatic heterocycles. The maximum atomic E-state index is 11.9. The maximum absolute atomic E-state index is 11.9. The Hall–Kier alpha value is -1.46. The van der Waals surface area contributed by atoms with E-state index in [1.54, 1.807) is 43.7 Å². The Kier molecular flexibility index (Phi) is 5.09. The van der Waals surface area contributed by atoms with Gasteiger partial charge in [-0.1, -0.05) is 11.6 Å². The first-order valence-electron chi connectivity index (χ1n) is 5.97. The first-order valence-corrected chi connectivity index (χ1v) is 7.14. The second kappa shape index (κ2) is 6.81. The smallest absolute Gasteiger partial charge is 0.261 e. The van der Waals surface area contributed by atoms with E-state index < -0.39 is 6.10 Å². The fourth-order valence-electron chi connectivity index (χ4n) is 1.54. The zero-order chi connectivity index (χ0) is 14.5. The molecule has 0 aliphatic rings. The molecule has 1 heterocycles. The third kappa shape index (κ3) is 4.02. The van der Waals surface area contributed by atoms with E-state index in [9.17, 15) is 4.79 Å². The van der Waals surface area contributed by atoms with Crippen molar-refractivity contribution in [3.63, 3.8) is 0 Å². The molecule has 1 unspecified atom stereocenters. The van der Waals surface area contributed by atoms with E-state index in [1.807, 2.05) is 0 Å². The Morgan fingerprint density at radius 2 is 2.30 bits per heavy atom. The Morgan fingerprint density at radius 1 is 1.50 bits per heavy atom. The van der Waals surface area contributed by atoms with Gasteiger partial charge in [0.15, 0.2) is 6.10 Å². The lowest BCUT2D eigenvalue weighted by molar-refractivity contribution is -0.127. The van der Waals surface area contributed by atoms with E-state index in [2.05, 4.69) is 21.2 Å². The topological polar surface area (TPSA) is 51.5 Å². The molecule has 1 N–H and O–H groups in total. The van der Waals surface area contributed by atoms with Gasteiger partial charge in [-0.15, -0.1) is 0 Å². The van der Waals surface area contributed by atoms with E-state index in [0.717, 1.165) is 5.56 Å². The van der Waals surface area contributed by atoms with Crippen molar-refractivity contribution in [1.82, 2.24) is 5.32 Å². The molecule has 1 atom stereocenters. The summed E-state index contributed by atoms with van der Waals surface area (Å²) in [6, 6.07) is 6.93. The summed E-state index contributed by atoms with van der Waals surface area (Å²) in [4.78, 5) is 11.9. The van der Waals surface area contributed by atoms with Crippen molar-refractivity contribution >= 4 is 33.4 Å². The minimum Gasteiger partial charge on any atom is -0.480 e. The van der Waals surface area contributed by atoms with Gasteiger partial charge >= 0.3 is 0 Å². The molecular weight excluding hydrogens is 346 g/mol. The number of amides is 1. The Morgan fingerprint density at radius 3 is 2.95 bits per heavy atom. The number of carbonyl (C=O) groups is 1. The number of furan rings is 1. The van der Waals surface area contributed by atoms with Crippen LogP contribution in [0.1, 0.15) is 12.5 Å². The lowest BCUT2D eigenvalue weighted by atomic mass is 10.3. The van der Waals surface area contributed by atoms with Crippen molar-refractivity contribution in [1.29, 1.82) is 0 Å². The van der Waals surface area contributed by atoms with Crippen LogP contribution in [0.15, 0.2) is 45.7 Å². The van der Waals surface area contributed by atoms with Gasteiger partial charge < -0.3 is 14.5 Å². The number of hydrogen-bond acceptors (Lipinski definition) is 3. The third-order valence-electron chi connectivity index (χ3n) is 2.61. The van der Waals surface area contributed by atoms with Gasteiger partial charge in [-0.3, -0.25) is 4.79 Å². The number of halogens is 2. The number of ether oxygens (including phenoxy) is 1. The second-order valence-corrected chi connectivity index (χ2v) is 5.47. The molecule has 2 rings (SSSR count). The SMILES string of the molecule is CC(Oc1ccc(Cl)cc1Br)C(=O)NCc1ccoc1. The van der Waals surface area contributed by atoms with Crippen LogP contribution < -0.4 is 10.1 Å². The van der Waals surface area contributed by atoms with Crippen LogP contribution >= 0.6 is 27.5 Å². The summed E-state index contributed by atoms with van der Waals surface area (Å²) in [7, 11) is 0. The highest BCUT2D eigenvalue weighted by Gasteiger charge is 2.15. The highest BCUT2D eigenvalue weighted by Crippen LogP contribution is 2.28. The predicted molar refractivity (Wildman–Crippen MR) is 79.8 cm³/mol. The van der Waals surface area contributed by atoms with Crippen molar-refractivity contribution in [2.45, 2.75) is 19.6 Å². The van der Waals surface area contributed by atoms with Crippen molar-refractivity contribution in [2.75, 3.05) is 0 Å². The van der Waals surface area contributed by atoms with Crippen LogP contribution in [0.3, 0.4) is 0 Å². The molecule has 0 aliphatic carbocycles. The lowest BCUT2D eigenvalue weighted by Crippen LogP contribution is -2.35. The number of benzene rings is 1. The standard InChI is InChI=1S/C14H13BrClNO3/c1-9(14(18)17-7-10-4-5-19-8-10)20-13-3-2-11(16)6-12(13)15/h2-6,8-9H,7H2,1H3,(H,17,18). The molecule has 1 aromatic heterocycles. The summed E-state index contributed by atoms with van der Waals surface area (Å²) in [5, 5.41) is 3.37. The number of rotatable bonds is 5. The van der Waals surface area contributed by atoms with Crippen LogP contribution in [0, 0.1) is 0 Å². The van der Waals surface area contributed by atoms with E-state index in [1.165, 1.54) is 0 Å². The molecular formula is C14H13BrClNO3. The first kappa shape index (κ1) is 14.9. The molecule has 6 heteroatoms. The van der Waals surface area contributed by atoms with Crippen LogP contribution in [0.25, 0.3) is 0 Å². The lowest BCUT2D eigenvalue weighted by Gasteiger charge is -2.15. The van der Waals surface area contributed by atoms with Gasteiger partial charge in [-0.2, -0.15) is 0 Å². The van der Waals surface area contributed by atoms with E-state index >= 15 is 0 Å². The summed E-state index contributed by atoms with van der Waals surface area (Å²) in [5.74, 6) is 0.369. The normalized spacial score (nSPS) is 11.9. The summed E-state index contributed by atoms with van der Waals surface area (Å²) in [6.45, 7) is 2.09. The van der Waals surface area contributed by atoms with E-state index in [-0.39, 0.29) is 5.91 Å². The van der Waals surface area contributed by atoms with Crippen LogP contribution in [0.2, 0.25) is 5.02 Å². The van der Waals surface area contributed by atoms with E-state index in [0.29, 0.717) is 21.8 Å². The van der Waals surface area contributed by atoms with Gasteiger partial charge in [0.1, 0.15) is 5.75 Å². The highest BCUT2D eigenvalue weighted by molar-refractivity contribution is 9.10. The van der Waals surface area contributed by atoms with Gasteiger partial charge in [-0.05, 0) is 47.1 Å². The summed E-state index contributed by atoms with van der Waals surface area (Å²) in [6.07, 6.45) is 2.53. The number of carbonyl (C=O) groups excluding carboxylic acids is 1. The molecule has 106 valence electrons. The summed E-state index contributed by atoms with van der Waals surface area (Å²) >= 11 is 9.19. The Bertz CT molecular complexity index is 586. The molecule has 0 radical (unpaired) electrons. The number of nitrogens with one attached hydrogen (secondary N) is 1. The number of hydrogen-bond donors (Lipinski definition) is 1. The largest absolute Gasteiger partial charge is 0.480 e. The third-order valence-corrected chi connectivity index (χ3v) is 3.47.